The summed E-state index contributed by atoms with van der Waals surface area (Å²) in [6, 6.07) is 7.08. The maximum atomic E-state index is 12.3. The fourth-order valence-corrected chi connectivity index (χ4v) is 2.86. The fraction of sp³-hybridized carbons (Fsp3) is 0.526. The van der Waals surface area contributed by atoms with Crippen molar-refractivity contribution in [3.05, 3.63) is 29.8 Å². The molecule has 1 fully saturated rings. The Kier molecular flexibility index (Phi) is 7.00. The summed E-state index contributed by atoms with van der Waals surface area (Å²) in [5.74, 6) is -1.43. The maximum Gasteiger partial charge on any atom is 0.317 e. The Morgan fingerprint density at radius 2 is 2.12 bits per heavy atom. The summed E-state index contributed by atoms with van der Waals surface area (Å²) >= 11 is 0. The highest BCUT2D eigenvalue weighted by molar-refractivity contribution is 5.92. The fourth-order valence-electron chi connectivity index (χ4n) is 2.86. The largest absolute Gasteiger partial charge is 0.481 e. The minimum atomic E-state index is -0.854. The molecule has 1 aromatic carbocycles. The number of nitrogens with one attached hydrogen (secondary N) is 2. The Hall–Kier alpha value is -2.57. The minimum Gasteiger partial charge on any atom is -0.481 e. The highest BCUT2D eigenvalue weighted by atomic mass is 16.4. The smallest absolute Gasteiger partial charge is 0.317 e. The normalized spacial score (nSPS) is 18.1. The van der Waals surface area contributed by atoms with Crippen LogP contribution in [0.2, 0.25) is 0 Å². The first-order valence-electron chi connectivity index (χ1n) is 9.06. The molecular formula is C19H27N3O4. The zero-order valence-corrected chi connectivity index (χ0v) is 15.3. The lowest BCUT2D eigenvalue weighted by Crippen LogP contribution is -2.46. The zero-order valence-electron chi connectivity index (χ0n) is 15.3. The van der Waals surface area contributed by atoms with Crippen LogP contribution in [0.5, 0.6) is 0 Å². The van der Waals surface area contributed by atoms with Crippen LogP contribution in [0.4, 0.5) is 10.5 Å². The van der Waals surface area contributed by atoms with Gasteiger partial charge in [0.2, 0.25) is 5.91 Å². The first kappa shape index (κ1) is 19.8. The summed E-state index contributed by atoms with van der Waals surface area (Å²) in [6.45, 7) is 4.97. The number of hydrogen-bond donors (Lipinski definition) is 3. The van der Waals surface area contributed by atoms with Gasteiger partial charge in [-0.3, -0.25) is 9.59 Å². The number of carbonyl (C=O) groups excluding carboxylic acids is 2. The third kappa shape index (κ3) is 5.47. The molecule has 26 heavy (non-hydrogen) atoms. The number of carboxylic acids is 1. The lowest BCUT2D eigenvalue weighted by molar-refractivity contribution is -0.143. The summed E-state index contributed by atoms with van der Waals surface area (Å²) < 4.78 is 0. The van der Waals surface area contributed by atoms with Gasteiger partial charge in [0.05, 0.1) is 5.92 Å². The van der Waals surface area contributed by atoms with E-state index in [1.54, 1.807) is 4.90 Å². The molecule has 3 N–H and O–H groups in total. The van der Waals surface area contributed by atoms with Gasteiger partial charge in [-0.2, -0.15) is 0 Å². The van der Waals surface area contributed by atoms with Gasteiger partial charge >= 0.3 is 12.0 Å². The number of anilines is 1. The number of piperidine rings is 1. The second kappa shape index (κ2) is 9.22. The minimum absolute atomic E-state index is 0.0262. The Morgan fingerprint density at radius 3 is 2.81 bits per heavy atom. The quantitative estimate of drug-likeness (QED) is 0.725. The van der Waals surface area contributed by atoms with Crippen molar-refractivity contribution < 1.29 is 19.5 Å². The molecule has 0 radical (unpaired) electrons. The number of likely N-dealkylation sites (tertiary alicyclic amines) is 1. The van der Waals surface area contributed by atoms with E-state index in [0.29, 0.717) is 31.6 Å². The summed E-state index contributed by atoms with van der Waals surface area (Å²) in [7, 11) is 0. The molecule has 1 aromatic rings. The average Bonchev–Trinajstić information content (AvgIpc) is 2.65. The number of nitrogens with zero attached hydrogens (tertiary/aromatic N) is 1. The number of hydrogen-bond acceptors (Lipinski definition) is 3. The molecule has 7 heteroatoms. The molecule has 0 saturated carbocycles. The molecule has 1 heterocycles. The Bertz CT molecular complexity index is 662. The number of aliphatic carboxylic acids is 1. The van der Waals surface area contributed by atoms with Gasteiger partial charge in [-0.1, -0.05) is 26.0 Å². The third-order valence-corrected chi connectivity index (χ3v) is 4.76. The third-order valence-electron chi connectivity index (χ3n) is 4.76. The van der Waals surface area contributed by atoms with Crippen LogP contribution in [-0.4, -0.2) is 41.0 Å². The van der Waals surface area contributed by atoms with E-state index in [0.717, 1.165) is 12.0 Å². The van der Waals surface area contributed by atoms with E-state index in [4.69, 9.17) is 5.11 Å². The molecule has 0 bridgehead atoms. The highest BCUT2D eigenvalue weighted by Gasteiger charge is 2.27. The Morgan fingerprint density at radius 1 is 1.35 bits per heavy atom. The van der Waals surface area contributed by atoms with Crippen molar-refractivity contribution >= 4 is 23.6 Å². The topological polar surface area (TPSA) is 98.7 Å². The molecule has 7 nitrogen and oxygen atoms in total. The molecule has 2 unspecified atom stereocenters. The molecule has 1 aliphatic rings. The van der Waals surface area contributed by atoms with Gasteiger partial charge in [-0.05, 0) is 37.0 Å². The molecule has 1 aliphatic heterocycles. The van der Waals surface area contributed by atoms with Gasteiger partial charge in [0.25, 0.3) is 0 Å². The lowest BCUT2D eigenvalue weighted by Gasteiger charge is -2.30. The first-order chi connectivity index (χ1) is 12.4. The van der Waals surface area contributed by atoms with E-state index in [2.05, 4.69) is 10.6 Å². The second-order valence-electron chi connectivity index (χ2n) is 6.78. The van der Waals surface area contributed by atoms with Gasteiger partial charge in [0.1, 0.15) is 0 Å². The molecule has 1 saturated heterocycles. The van der Waals surface area contributed by atoms with Gasteiger partial charge in [0, 0.05) is 31.2 Å². The Labute approximate surface area is 153 Å². The Balaban J connectivity index is 1.89. The van der Waals surface area contributed by atoms with Crippen LogP contribution in [0.3, 0.4) is 0 Å². The van der Waals surface area contributed by atoms with Crippen molar-refractivity contribution in [2.45, 2.75) is 39.7 Å². The van der Waals surface area contributed by atoms with Crippen molar-refractivity contribution in [1.29, 1.82) is 0 Å². The summed E-state index contributed by atoms with van der Waals surface area (Å²) in [6.07, 6.45) is 2.08. The van der Waals surface area contributed by atoms with E-state index in [1.807, 2.05) is 38.1 Å². The van der Waals surface area contributed by atoms with Crippen molar-refractivity contribution in [2.75, 3.05) is 18.4 Å². The lowest BCUT2D eigenvalue weighted by atomic mass is 9.99. The first-order valence-corrected chi connectivity index (χ1v) is 9.06. The molecule has 3 amide bonds. The van der Waals surface area contributed by atoms with Crippen LogP contribution in [0.1, 0.15) is 38.7 Å². The molecule has 2 rings (SSSR count). The van der Waals surface area contributed by atoms with E-state index >= 15 is 0 Å². The summed E-state index contributed by atoms with van der Waals surface area (Å²) in [4.78, 5) is 36.9. The SMILES string of the molecule is CCC(C)C(=O)Nc1cccc(CNC(=O)N2CCCC(C(=O)O)C2)c1. The van der Waals surface area contributed by atoms with Crippen LogP contribution in [0, 0.1) is 11.8 Å². The van der Waals surface area contributed by atoms with E-state index in [-0.39, 0.29) is 24.4 Å². The van der Waals surface area contributed by atoms with Crippen LogP contribution in [-0.2, 0) is 16.1 Å². The average molecular weight is 361 g/mol. The van der Waals surface area contributed by atoms with E-state index in [9.17, 15) is 14.4 Å². The van der Waals surface area contributed by atoms with Crippen LogP contribution in [0.15, 0.2) is 24.3 Å². The number of carbonyl (C=O) groups is 3. The van der Waals surface area contributed by atoms with Gasteiger partial charge in [-0.25, -0.2) is 4.79 Å². The second-order valence-corrected chi connectivity index (χ2v) is 6.78. The standard InChI is InChI=1S/C19H27N3O4/c1-3-13(2)17(23)21-16-8-4-6-14(10-16)11-20-19(26)22-9-5-7-15(12-22)18(24)25/h4,6,8,10,13,15H,3,5,7,9,11-12H2,1-2H3,(H,20,26)(H,21,23)(H,24,25). The van der Waals surface area contributed by atoms with Crippen LogP contribution >= 0.6 is 0 Å². The predicted octanol–water partition coefficient (Wildman–Crippen LogP) is 2.68. The number of carboxylic acid groups (broad SMARTS) is 1. The molecule has 0 aliphatic carbocycles. The predicted molar refractivity (Wildman–Crippen MR) is 98.7 cm³/mol. The van der Waals surface area contributed by atoms with Gasteiger partial charge in [0.15, 0.2) is 0 Å². The number of amides is 3. The number of benzene rings is 1. The highest BCUT2D eigenvalue weighted by Crippen LogP contribution is 2.17. The van der Waals surface area contributed by atoms with Crippen molar-refractivity contribution in [2.24, 2.45) is 11.8 Å². The van der Waals surface area contributed by atoms with Crippen molar-refractivity contribution in [1.82, 2.24) is 10.2 Å². The summed E-state index contributed by atoms with van der Waals surface area (Å²) in [5.41, 5.74) is 1.57. The van der Waals surface area contributed by atoms with Gasteiger partial charge in [-0.15, -0.1) is 0 Å². The van der Waals surface area contributed by atoms with E-state index in [1.165, 1.54) is 0 Å². The monoisotopic (exact) mass is 361 g/mol. The van der Waals surface area contributed by atoms with E-state index < -0.39 is 11.9 Å². The molecule has 2 atom stereocenters. The van der Waals surface area contributed by atoms with Crippen molar-refractivity contribution in [3.63, 3.8) is 0 Å². The molecule has 0 spiro atoms. The molecular weight excluding hydrogens is 334 g/mol. The molecule has 0 aromatic heterocycles. The summed E-state index contributed by atoms with van der Waals surface area (Å²) in [5, 5.41) is 14.8. The molecule has 142 valence electrons. The number of rotatable bonds is 6. The number of urea groups is 1. The zero-order chi connectivity index (χ0) is 19.1. The van der Waals surface area contributed by atoms with Gasteiger partial charge < -0.3 is 20.6 Å². The maximum absolute atomic E-state index is 12.3. The van der Waals surface area contributed by atoms with Crippen molar-refractivity contribution in [3.8, 4) is 0 Å². The van der Waals surface area contributed by atoms with Crippen LogP contribution < -0.4 is 10.6 Å². The van der Waals surface area contributed by atoms with Crippen LogP contribution in [0.25, 0.3) is 0 Å².